The molecule has 0 unspecified atom stereocenters. The maximum absolute atomic E-state index is 12.7. The number of nitrogens with zero attached hydrogens (tertiary/aromatic N) is 2. The van der Waals surface area contributed by atoms with Gasteiger partial charge in [-0.25, -0.2) is 9.80 Å². The van der Waals surface area contributed by atoms with Gasteiger partial charge in [-0.1, -0.05) is 29.8 Å². The third kappa shape index (κ3) is 3.59. The standard InChI is InChI=1S/C21H18N2O5/c1-14-6-8-15(9-7-14)16-12-17(18-4-2-10-26-18)23(22-16)20(24)13-28-21(25)19-5-3-11-27-19/h2-11,17H,12-13H2,1H3/t17-/m1/s1. The van der Waals surface area contributed by atoms with E-state index in [9.17, 15) is 9.59 Å². The molecule has 0 radical (unpaired) electrons. The van der Waals surface area contributed by atoms with Crippen molar-refractivity contribution >= 4 is 17.6 Å². The lowest BCUT2D eigenvalue weighted by molar-refractivity contribution is -0.136. The lowest BCUT2D eigenvalue weighted by Gasteiger charge is -2.19. The molecule has 142 valence electrons. The Labute approximate surface area is 161 Å². The molecule has 1 amide bonds. The zero-order valence-electron chi connectivity index (χ0n) is 15.2. The highest BCUT2D eigenvalue weighted by molar-refractivity contribution is 6.03. The van der Waals surface area contributed by atoms with E-state index in [1.807, 2.05) is 31.2 Å². The Kier molecular flexibility index (Phi) is 4.80. The smallest absolute Gasteiger partial charge is 0.374 e. The van der Waals surface area contributed by atoms with E-state index in [0.29, 0.717) is 12.2 Å². The van der Waals surface area contributed by atoms with Gasteiger partial charge in [-0.15, -0.1) is 0 Å². The Morgan fingerprint density at radius 2 is 1.86 bits per heavy atom. The molecule has 3 heterocycles. The fraction of sp³-hybridized carbons (Fsp3) is 0.190. The Hall–Kier alpha value is -3.61. The number of hydrogen-bond donors (Lipinski definition) is 0. The molecule has 0 N–H and O–H groups in total. The van der Waals surface area contributed by atoms with Gasteiger partial charge in [-0.2, -0.15) is 5.10 Å². The SMILES string of the molecule is Cc1ccc(C2=NN(C(=O)COC(=O)c3ccco3)[C@@H](c3ccco3)C2)cc1. The van der Waals surface area contributed by atoms with E-state index in [4.69, 9.17) is 13.6 Å². The number of ether oxygens (including phenoxy) is 1. The first kappa shape index (κ1) is 17.8. The van der Waals surface area contributed by atoms with Crippen molar-refractivity contribution in [1.29, 1.82) is 0 Å². The molecule has 3 aromatic rings. The van der Waals surface area contributed by atoms with E-state index < -0.39 is 18.5 Å². The molecule has 1 aromatic carbocycles. The van der Waals surface area contributed by atoms with Gasteiger partial charge in [0.25, 0.3) is 5.91 Å². The second-order valence-electron chi connectivity index (χ2n) is 6.44. The lowest BCUT2D eigenvalue weighted by Crippen LogP contribution is -2.31. The van der Waals surface area contributed by atoms with Gasteiger partial charge < -0.3 is 13.6 Å². The first-order valence-corrected chi connectivity index (χ1v) is 8.82. The molecule has 4 rings (SSSR count). The second-order valence-corrected chi connectivity index (χ2v) is 6.44. The van der Waals surface area contributed by atoms with Gasteiger partial charge in [-0.3, -0.25) is 4.79 Å². The maximum Gasteiger partial charge on any atom is 0.374 e. The Bertz CT molecular complexity index is 988. The van der Waals surface area contributed by atoms with E-state index in [1.54, 1.807) is 24.5 Å². The Balaban J connectivity index is 1.53. The van der Waals surface area contributed by atoms with E-state index in [1.165, 1.54) is 17.3 Å². The van der Waals surface area contributed by atoms with Gasteiger partial charge in [0, 0.05) is 6.42 Å². The highest BCUT2D eigenvalue weighted by Crippen LogP contribution is 2.33. The molecule has 1 atom stereocenters. The minimum atomic E-state index is -0.699. The van der Waals surface area contributed by atoms with Gasteiger partial charge >= 0.3 is 5.97 Å². The third-order valence-electron chi connectivity index (χ3n) is 4.47. The number of carbonyl (C=O) groups is 2. The van der Waals surface area contributed by atoms with Crippen molar-refractivity contribution in [3.05, 3.63) is 83.7 Å². The Morgan fingerprint density at radius 3 is 2.54 bits per heavy atom. The summed E-state index contributed by atoms with van der Waals surface area (Å²) in [6.45, 7) is 1.57. The molecule has 0 spiro atoms. The van der Waals surface area contributed by atoms with E-state index in [-0.39, 0.29) is 11.8 Å². The number of hydrazone groups is 1. The van der Waals surface area contributed by atoms with Gasteiger partial charge in [0.05, 0.1) is 18.2 Å². The van der Waals surface area contributed by atoms with Gasteiger partial charge in [0.15, 0.2) is 6.61 Å². The fourth-order valence-corrected chi connectivity index (χ4v) is 3.02. The minimum absolute atomic E-state index is 0.0423. The quantitative estimate of drug-likeness (QED) is 0.632. The van der Waals surface area contributed by atoms with Crippen molar-refractivity contribution in [3.63, 3.8) is 0 Å². The summed E-state index contributed by atoms with van der Waals surface area (Å²) >= 11 is 0. The molecule has 7 heteroatoms. The highest BCUT2D eigenvalue weighted by Gasteiger charge is 2.35. The summed E-state index contributed by atoms with van der Waals surface area (Å²) in [5.74, 6) is -0.476. The number of hydrogen-bond acceptors (Lipinski definition) is 6. The van der Waals surface area contributed by atoms with Crippen LogP contribution in [0.5, 0.6) is 0 Å². The van der Waals surface area contributed by atoms with Crippen LogP contribution in [0.3, 0.4) is 0 Å². The van der Waals surface area contributed by atoms with Crippen LogP contribution < -0.4 is 0 Å². The molecule has 0 saturated carbocycles. The third-order valence-corrected chi connectivity index (χ3v) is 4.47. The summed E-state index contributed by atoms with van der Waals surface area (Å²) < 4.78 is 15.5. The monoisotopic (exact) mass is 378 g/mol. The summed E-state index contributed by atoms with van der Waals surface area (Å²) in [4.78, 5) is 24.6. The topological polar surface area (TPSA) is 85.3 Å². The van der Waals surface area contributed by atoms with Crippen molar-refractivity contribution in [3.8, 4) is 0 Å². The molecule has 2 aromatic heterocycles. The summed E-state index contributed by atoms with van der Waals surface area (Å²) in [6, 6.07) is 14.2. The van der Waals surface area contributed by atoms with Crippen molar-refractivity contribution < 1.29 is 23.2 Å². The number of benzene rings is 1. The largest absolute Gasteiger partial charge is 0.467 e. The molecule has 1 aliphatic heterocycles. The molecule has 0 aliphatic carbocycles. The number of esters is 1. The molecular formula is C21H18N2O5. The summed E-state index contributed by atoms with van der Waals surface area (Å²) in [5, 5.41) is 5.81. The Morgan fingerprint density at radius 1 is 1.11 bits per heavy atom. The van der Waals surface area contributed by atoms with Gasteiger partial charge in [0.1, 0.15) is 11.8 Å². The minimum Gasteiger partial charge on any atom is -0.467 e. The number of rotatable bonds is 5. The first-order chi connectivity index (χ1) is 13.6. The van der Waals surface area contributed by atoms with Crippen LogP contribution in [0.4, 0.5) is 0 Å². The number of carbonyl (C=O) groups excluding carboxylic acids is 2. The van der Waals surface area contributed by atoms with Crippen LogP contribution in [-0.4, -0.2) is 29.2 Å². The van der Waals surface area contributed by atoms with Crippen LogP contribution in [0.15, 0.2) is 75.0 Å². The summed E-state index contributed by atoms with van der Waals surface area (Å²) in [5.41, 5.74) is 2.85. The number of amides is 1. The fourth-order valence-electron chi connectivity index (χ4n) is 3.02. The number of aryl methyl sites for hydroxylation is 1. The normalized spacial score (nSPS) is 16.1. The highest BCUT2D eigenvalue weighted by atomic mass is 16.5. The first-order valence-electron chi connectivity index (χ1n) is 8.82. The van der Waals surface area contributed by atoms with E-state index in [2.05, 4.69) is 5.10 Å². The zero-order chi connectivity index (χ0) is 19.5. The van der Waals surface area contributed by atoms with Crippen LogP contribution in [0.1, 0.15) is 39.9 Å². The van der Waals surface area contributed by atoms with Crippen LogP contribution in [0.2, 0.25) is 0 Å². The summed E-state index contributed by atoms with van der Waals surface area (Å²) in [7, 11) is 0. The summed E-state index contributed by atoms with van der Waals surface area (Å²) in [6.07, 6.45) is 3.43. The van der Waals surface area contributed by atoms with Crippen LogP contribution >= 0.6 is 0 Å². The van der Waals surface area contributed by atoms with Crippen LogP contribution in [-0.2, 0) is 9.53 Å². The van der Waals surface area contributed by atoms with Gasteiger partial charge in [-0.05, 0) is 36.8 Å². The molecule has 7 nitrogen and oxygen atoms in total. The molecule has 28 heavy (non-hydrogen) atoms. The average Bonchev–Trinajstić information content (AvgIpc) is 3.47. The predicted octanol–water partition coefficient (Wildman–Crippen LogP) is 3.72. The van der Waals surface area contributed by atoms with Crippen molar-refractivity contribution in [2.75, 3.05) is 6.61 Å². The van der Waals surface area contributed by atoms with Crippen molar-refractivity contribution in [2.24, 2.45) is 5.10 Å². The number of furan rings is 2. The van der Waals surface area contributed by atoms with E-state index in [0.717, 1.165) is 16.8 Å². The predicted molar refractivity (Wildman–Crippen MR) is 99.6 cm³/mol. The van der Waals surface area contributed by atoms with Crippen molar-refractivity contribution in [2.45, 2.75) is 19.4 Å². The van der Waals surface area contributed by atoms with Crippen LogP contribution in [0.25, 0.3) is 0 Å². The van der Waals surface area contributed by atoms with E-state index >= 15 is 0 Å². The van der Waals surface area contributed by atoms with Crippen LogP contribution in [0, 0.1) is 6.92 Å². The molecule has 1 aliphatic rings. The van der Waals surface area contributed by atoms with Crippen molar-refractivity contribution in [1.82, 2.24) is 5.01 Å². The molecule has 0 bridgehead atoms. The molecule has 0 saturated heterocycles. The molecule has 0 fully saturated rings. The lowest BCUT2D eigenvalue weighted by atomic mass is 10.0. The average molecular weight is 378 g/mol. The maximum atomic E-state index is 12.7. The second kappa shape index (κ2) is 7.56. The van der Waals surface area contributed by atoms with Gasteiger partial charge in [0.2, 0.25) is 5.76 Å². The zero-order valence-corrected chi connectivity index (χ0v) is 15.2. The molecular weight excluding hydrogens is 360 g/mol.